The highest BCUT2D eigenvalue weighted by Gasteiger charge is 2.02. The zero-order valence-corrected chi connectivity index (χ0v) is 13.1. The maximum absolute atomic E-state index is 11.7. The van der Waals surface area contributed by atoms with Gasteiger partial charge in [0.1, 0.15) is 17.2 Å². The molecule has 0 spiro atoms. The van der Waals surface area contributed by atoms with E-state index in [-0.39, 0.29) is 5.56 Å². The van der Waals surface area contributed by atoms with Crippen LogP contribution in [0.1, 0.15) is 11.1 Å². The predicted molar refractivity (Wildman–Crippen MR) is 90.6 cm³/mol. The van der Waals surface area contributed by atoms with Crippen LogP contribution in [-0.4, -0.2) is 14.5 Å². The summed E-state index contributed by atoms with van der Waals surface area (Å²) in [7, 11) is 0. The fraction of sp³-hybridized carbons (Fsp3) is 0.118. The van der Waals surface area contributed by atoms with Crippen LogP contribution in [0.2, 0.25) is 5.02 Å². The topological polar surface area (TPSA) is 59.8 Å². The molecule has 116 valence electrons. The quantitative estimate of drug-likeness (QED) is 0.783. The van der Waals surface area contributed by atoms with Gasteiger partial charge in [-0.1, -0.05) is 41.9 Å². The predicted octanol–water partition coefficient (Wildman–Crippen LogP) is 2.95. The molecule has 2 heterocycles. The maximum Gasteiger partial charge on any atom is 0.250 e. The first-order valence-corrected chi connectivity index (χ1v) is 7.53. The Morgan fingerprint density at radius 2 is 1.87 bits per heavy atom. The van der Waals surface area contributed by atoms with Gasteiger partial charge >= 0.3 is 0 Å². The highest BCUT2D eigenvalue weighted by molar-refractivity contribution is 6.32. The van der Waals surface area contributed by atoms with Crippen molar-refractivity contribution in [3.8, 4) is 0 Å². The van der Waals surface area contributed by atoms with E-state index in [1.165, 1.54) is 6.33 Å². The van der Waals surface area contributed by atoms with Crippen molar-refractivity contribution in [1.82, 2.24) is 14.5 Å². The Morgan fingerprint density at radius 1 is 1.09 bits per heavy atom. The lowest BCUT2D eigenvalue weighted by molar-refractivity contribution is 0.759. The molecule has 2 aromatic heterocycles. The second-order valence-electron chi connectivity index (χ2n) is 5.06. The largest absolute Gasteiger partial charge is 0.365 e. The van der Waals surface area contributed by atoms with E-state index >= 15 is 0 Å². The van der Waals surface area contributed by atoms with Crippen LogP contribution in [0, 0.1) is 0 Å². The Kier molecular flexibility index (Phi) is 4.68. The van der Waals surface area contributed by atoms with Gasteiger partial charge in [-0.15, -0.1) is 0 Å². The Hall–Kier alpha value is -2.66. The Balaban J connectivity index is 1.64. The first-order chi connectivity index (χ1) is 11.2. The summed E-state index contributed by atoms with van der Waals surface area (Å²) in [5.74, 6) is 0.613. The van der Waals surface area contributed by atoms with E-state index in [0.29, 0.717) is 23.9 Å². The number of nitrogens with zero attached hydrogens (tertiary/aromatic N) is 3. The molecular weight excluding hydrogens is 312 g/mol. The van der Waals surface area contributed by atoms with Crippen molar-refractivity contribution >= 4 is 17.4 Å². The molecule has 0 bridgehead atoms. The summed E-state index contributed by atoms with van der Waals surface area (Å²) in [5.41, 5.74) is 2.17. The van der Waals surface area contributed by atoms with Gasteiger partial charge in [0.15, 0.2) is 0 Å². The summed E-state index contributed by atoms with van der Waals surface area (Å²) in [4.78, 5) is 19.6. The Bertz CT molecular complexity index is 845. The van der Waals surface area contributed by atoms with Gasteiger partial charge in [-0.05, 0) is 17.2 Å². The number of benzene rings is 1. The van der Waals surface area contributed by atoms with E-state index in [2.05, 4.69) is 15.3 Å². The van der Waals surface area contributed by atoms with E-state index in [9.17, 15) is 4.79 Å². The summed E-state index contributed by atoms with van der Waals surface area (Å²) in [6.45, 7) is 1.17. The molecule has 0 unspecified atom stereocenters. The zero-order valence-electron chi connectivity index (χ0n) is 12.3. The van der Waals surface area contributed by atoms with Gasteiger partial charge in [-0.3, -0.25) is 4.79 Å². The number of aromatic nitrogens is 3. The molecule has 0 saturated heterocycles. The first-order valence-electron chi connectivity index (χ1n) is 7.15. The number of hydrogen-bond acceptors (Lipinski definition) is 4. The maximum atomic E-state index is 11.7. The molecule has 3 aromatic rings. The molecule has 0 amide bonds. The van der Waals surface area contributed by atoms with Crippen LogP contribution in [0.4, 0.5) is 5.82 Å². The van der Waals surface area contributed by atoms with Gasteiger partial charge < -0.3 is 9.88 Å². The molecule has 0 atom stereocenters. The summed E-state index contributed by atoms with van der Waals surface area (Å²) in [6, 6.07) is 13.2. The Labute approximate surface area is 138 Å². The number of anilines is 1. The number of rotatable bonds is 5. The van der Waals surface area contributed by atoms with Crippen molar-refractivity contribution in [1.29, 1.82) is 0 Å². The number of hydrogen-bond donors (Lipinski definition) is 1. The second-order valence-corrected chi connectivity index (χ2v) is 5.46. The molecule has 6 heteroatoms. The molecule has 3 rings (SSSR count). The van der Waals surface area contributed by atoms with Gasteiger partial charge in [0.2, 0.25) is 0 Å². The highest BCUT2D eigenvalue weighted by Crippen LogP contribution is 2.17. The third-order valence-electron chi connectivity index (χ3n) is 3.40. The normalized spacial score (nSPS) is 10.5. The Morgan fingerprint density at radius 3 is 2.61 bits per heavy atom. The summed E-state index contributed by atoms with van der Waals surface area (Å²) >= 11 is 6.00. The second kappa shape index (κ2) is 7.07. The van der Waals surface area contributed by atoms with Crippen LogP contribution in [0.25, 0.3) is 0 Å². The van der Waals surface area contributed by atoms with Crippen LogP contribution in [0.5, 0.6) is 0 Å². The third-order valence-corrected chi connectivity index (χ3v) is 3.68. The van der Waals surface area contributed by atoms with Crippen molar-refractivity contribution in [2.24, 2.45) is 0 Å². The molecule has 0 saturated carbocycles. The average molecular weight is 327 g/mol. The fourth-order valence-electron chi connectivity index (χ4n) is 2.18. The van der Waals surface area contributed by atoms with Crippen molar-refractivity contribution in [2.45, 2.75) is 13.1 Å². The minimum atomic E-state index is -0.00311. The zero-order chi connectivity index (χ0) is 16.1. The van der Waals surface area contributed by atoms with E-state index in [4.69, 9.17) is 11.6 Å². The molecule has 1 N–H and O–H groups in total. The molecule has 0 aliphatic rings. The molecule has 23 heavy (non-hydrogen) atoms. The minimum Gasteiger partial charge on any atom is -0.365 e. The van der Waals surface area contributed by atoms with Crippen LogP contribution >= 0.6 is 11.6 Å². The number of halogens is 1. The lowest BCUT2D eigenvalue weighted by Crippen LogP contribution is -2.18. The molecule has 1 aromatic carbocycles. The SMILES string of the molecule is O=c1ccccn1Cc1ccc(CNc2ncncc2Cl)cc1. The molecule has 0 aliphatic carbocycles. The fourth-order valence-corrected chi connectivity index (χ4v) is 2.35. The third kappa shape index (κ3) is 3.96. The highest BCUT2D eigenvalue weighted by atomic mass is 35.5. The van der Waals surface area contributed by atoms with E-state index in [1.54, 1.807) is 29.1 Å². The van der Waals surface area contributed by atoms with Gasteiger partial charge in [0.25, 0.3) is 5.56 Å². The molecular formula is C17H15ClN4O. The van der Waals surface area contributed by atoms with Crippen molar-refractivity contribution in [3.63, 3.8) is 0 Å². The van der Waals surface area contributed by atoms with E-state index < -0.39 is 0 Å². The van der Waals surface area contributed by atoms with Crippen LogP contribution in [0.3, 0.4) is 0 Å². The lowest BCUT2D eigenvalue weighted by atomic mass is 10.1. The van der Waals surface area contributed by atoms with Gasteiger partial charge in [-0.25, -0.2) is 9.97 Å². The van der Waals surface area contributed by atoms with Gasteiger partial charge in [-0.2, -0.15) is 0 Å². The summed E-state index contributed by atoms with van der Waals surface area (Å²) in [6.07, 6.45) is 4.79. The van der Waals surface area contributed by atoms with Crippen molar-refractivity contribution in [3.05, 3.63) is 87.7 Å². The monoisotopic (exact) mass is 326 g/mol. The van der Waals surface area contributed by atoms with E-state index in [0.717, 1.165) is 11.1 Å². The van der Waals surface area contributed by atoms with Crippen molar-refractivity contribution in [2.75, 3.05) is 5.32 Å². The van der Waals surface area contributed by atoms with Crippen LogP contribution in [-0.2, 0) is 13.1 Å². The number of nitrogens with one attached hydrogen (secondary N) is 1. The van der Waals surface area contributed by atoms with Crippen LogP contribution < -0.4 is 10.9 Å². The number of pyridine rings is 1. The van der Waals surface area contributed by atoms with Crippen LogP contribution in [0.15, 0.2) is 66.0 Å². The average Bonchev–Trinajstić information content (AvgIpc) is 2.57. The standard InChI is InChI=1S/C17H15ClN4O/c18-15-10-19-12-21-17(15)20-9-13-4-6-14(7-5-13)11-22-8-2-1-3-16(22)23/h1-8,10,12H,9,11H2,(H,19,20,21). The smallest absolute Gasteiger partial charge is 0.250 e. The minimum absolute atomic E-state index is 0.00311. The molecule has 5 nitrogen and oxygen atoms in total. The van der Waals surface area contributed by atoms with Gasteiger partial charge in [0, 0.05) is 18.8 Å². The summed E-state index contributed by atoms with van der Waals surface area (Å²) in [5, 5.41) is 3.66. The molecule has 0 aliphatic heterocycles. The van der Waals surface area contributed by atoms with Crippen molar-refractivity contribution < 1.29 is 0 Å². The molecule has 0 radical (unpaired) electrons. The lowest BCUT2D eigenvalue weighted by Gasteiger charge is -2.08. The van der Waals surface area contributed by atoms with E-state index in [1.807, 2.05) is 30.3 Å². The first kappa shape index (κ1) is 15.2. The summed E-state index contributed by atoms with van der Waals surface area (Å²) < 4.78 is 1.67. The molecule has 0 fully saturated rings. The van der Waals surface area contributed by atoms with Gasteiger partial charge in [0.05, 0.1) is 12.7 Å².